The van der Waals surface area contributed by atoms with Gasteiger partial charge in [0.15, 0.2) is 5.69 Å². The fourth-order valence-corrected chi connectivity index (χ4v) is 4.63. The number of rotatable bonds is 3. The lowest BCUT2D eigenvalue weighted by Crippen LogP contribution is -2.57. The number of hydrogen-bond donors (Lipinski definition) is 3. The summed E-state index contributed by atoms with van der Waals surface area (Å²) in [5.74, 6) is 0.595. The van der Waals surface area contributed by atoms with Crippen LogP contribution in [0.3, 0.4) is 0 Å². The van der Waals surface area contributed by atoms with Gasteiger partial charge in [-0.25, -0.2) is 0 Å². The molecule has 0 radical (unpaired) electrons. The molecule has 0 unspecified atom stereocenters. The zero-order valence-corrected chi connectivity index (χ0v) is 16.1. The van der Waals surface area contributed by atoms with E-state index in [0.717, 1.165) is 62.0 Å². The number of aromatic nitrogens is 2. The van der Waals surface area contributed by atoms with Crippen LogP contribution in [0.4, 0.5) is 5.69 Å². The van der Waals surface area contributed by atoms with Gasteiger partial charge < -0.3 is 20.2 Å². The number of anilines is 1. The van der Waals surface area contributed by atoms with Gasteiger partial charge in [-0.2, -0.15) is 5.10 Å². The third-order valence-corrected chi connectivity index (χ3v) is 6.12. The third-order valence-electron chi connectivity index (χ3n) is 6.12. The van der Waals surface area contributed by atoms with E-state index in [9.17, 15) is 9.59 Å². The van der Waals surface area contributed by atoms with Crippen molar-refractivity contribution in [2.45, 2.75) is 31.7 Å². The first-order chi connectivity index (χ1) is 14.1. The van der Waals surface area contributed by atoms with Crippen LogP contribution in [0.1, 0.15) is 36.2 Å². The summed E-state index contributed by atoms with van der Waals surface area (Å²) in [7, 11) is 0. The van der Waals surface area contributed by atoms with Crippen LogP contribution in [0, 0.1) is 5.92 Å². The molecule has 1 atom stereocenters. The SMILES string of the molecule is O=C(N[C@@H]1CN2CCC1CC2)c1n[nH]c2ccc(N3CCCC3=O)cc12.O=CO. The minimum absolute atomic E-state index is 0.125. The largest absolute Gasteiger partial charge is 0.483 e. The summed E-state index contributed by atoms with van der Waals surface area (Å²) in [4.78, 5) is 37.5. The Balaban J connectivity index is 0.000000645. The van der Waals surface area contributed by atoms with E-state index in [4.69, 9.17) is 9.90 Å². The fraction of sp³-hybridized carbons (Fsp3) is 0.500. The molecule has 4 fully saturated rings. The molecule has 2 bridgehead atoms. The monoisotopic (exact) mass is 399 g/mol. The molecule has 6 rings (SSSR count). The van der Waals surface area contributed by atoms with E-state index in [0.29, 0.717) is 18.0 Å². The number of aromatic amines is 1. The molecule has 4 aliphatic rings. The highest BCUT2D eigenvalue weighted by Crippen LogP contribution is 2.29. The van der Waals surface area contributed by atoms with Crippen molar-refractivity contribution in [3.63, 3.8) is 0 Å². The number of piperidine rings is 3. The Labute approximate surface area is 168 Å². The van der Waals surface area contributed by atoms with Crippen molar-refractivity contribution in [2.24, 2.45) is 5.92 Å². The van der Waals surface area contributed by atoms with E-state index >= 15 is 0 Å². The van der Waals surface area contributed by atoms with Crippen molar-refractivity contribution in [2.75, 3.05) is 31.1 Å². The van der Waals surface area contributed by atoms with E-state index in [-0.39, 0.29) is 24.3 Å². The molecule has 0 spiro atoms. The summed E-state index contributed by atoms with van der Waals surface area (Å²) in [6.07, 6.45) is 3.80. The van der Waals surface area contributed by atoms with E-state index in [1.54, 1.807) is 4.90 Å². The van der Waals surface area contributed by atoms with Gasteiger partial charge in [0.2, 0.25) is 5.91 Å². The standard InChI is InChI=1S/C19H23N5O2.CH2O2/c25-17-2-1-7-24(17)13-3-4-15-14(10-13)18(22-21-15)19(26)20-16-11-23-8-5-12(16)6-9-23;2-1-3/h3-4,10,12,16H,1-2,5-9,11H2,(H,20,26)(H,21,22);1H,(H,2,3)/t16-;/m1./s1. The Morgan fingerprint density at radius 3 is 2.66 bits per heavy atom. The van der Waals surface area contributed by atoms with Crippen LogP contribution in [0.15, 0.2) is 18.2 Å². The van der Waals surface area contributed by atoms with Crippen molar-refractivity contribution >= 4 is 34.9 Å². The quantitative estimate of drug-likeness (QED) is 0.668. The van der Waals surface area contributed by atoms with Gasteiger partial charge in [0.25, 0.3) is 12.4 Å². The minimum atomic E-state index is -0.250. The highest BCUT2D eigenvalue weighted by molar-refractivity contribution is 6.06. The van der Waals surface area contributed by atoms with Gasteiger partial charge in [-0.05, 0) is 56.5 Å². The molecule has 0 saturated carbocycles. The van der Waals surface area contributed by atoms with Crippen LogP contribution in [0.2, 0.25) is 0 Å². The van der Waals surface area contributed by atoms with E-state index in [1.807, 2.05) is 18.2 Å². The van der Waals surface area contributed by atoms with E-state index < -0.39 is 0 Å². The summed E-state index contributed by atoms with van der Waals surface area (Å²) in [5, 5.41) is 18.1. The molecule has 29 heavy (non-hydrogen) atoms. The third kappa shape index (κ3) is 3.82. The van der Waals surface area contributed by atoms with Crippen molar-refractivity contribution in [1.82, 2.24) is 20.4 Å². The summed E-state index contributed by atoms with van der Waals surface area (Å²) in [6, 6.07) is 5.93. The lowest BCUT2D eigenvalue weighted by Gasteiger charge is -2.44. The topological polar surface area (TPSA) is 119 Å². The number of carboxylic acid groups (broad SMARTS) is 1. The van der Waals surface area contributed by atoms with Crippen LogP contribution >= 0.6 is 0 Å². The number of carbonyl (C=O) groups excluding carboxylic acids is 2. The molecule has 9 nitrogen and oxygen atoms in total. The Kier molecular flexibility index (Phi) is 5.48. The number of fused-ring (bicyclic) bond motifs is 4. The average molecular weight is 399 g/mol. The molecule has 154 valence electrons. The molecule has 1 aromatic heterocycles. The molecular formula is C20H25N5O4. The minimum Gasteiger partial charge on any atom is -0.483 e. The summed E-state index contributed by atoms with van der Waals surface area (Å²) in [6.45, 7) is 3.72. The predicted octanol–water partition coefficient (Wildman–Crippen LogP) is 1.21. The van der Waals surface area contributed by atoms with Crippen molar-refractivity contribution in [3.8, 4) is 0 Å². The number of amides is 2. The smallest absolute Gasteiger partial charge is 0.290 e. The van der Waals surface area contributed by atoms with E-state index in [2.05, 4.69) is 20.4 Å². The number of nitrogens with zero attached hydrogens (tertiary/aromatic N) is 3. The molecule has 9 heteroatoms. The summed E-state index contributed by atoms with van der Waals surface area (Å²) < 4.78 is 0. The lowest BCUT2D eigenvalue weighted by atomic mass is 9.84. The van der Waals surface area contributed by atoms with Crippen LogP contribution in [-0.4, -0.2) is 70.7 Å². The van der Waals surface area contributed by atoms with Gasteiger partial charge in [0.1, 0.15) is 0 Å². The second-order valence-electron chi connectivity index (χ2n) is 7.77. The first-order valence-corrected chi connectivity index (χ1v) is 10.00. The van der Waals surface area contributed by atoms with Crippen LogP contribution in [0.25, 0.3) is 10.9 Å². The maximum absolute atomic E-state index is 12.9. The Morgan fingerprint density at radius 1 is 1.28 bits per heavy atom. The fourth-order valence-electron chi connectivity index (χ4n) is 4.63. The zero-order valence-electron chi connectivity index (χ0n) is 16.1. The molecule has 1 aromatic carbocycles. The second kappa shape index (κ2) is 8.20. The number of benzene rings is 1. The second-order valence-corrected chi connectivity index (χ2v) is 7.77. The molecule has 3 N–H and O–H groups in total. The Morgan fingerprint density at radius 2 is 2.03 bits per heavy atom. The maximum atomic E-state index is 12.9. The van der Waals surface area contributed by atoms with Gasteiger partial charge in [-0.3, -0.25) is 19.5 Å². The molecular weight excluding hydrogens is 374 g/mol. The zero-order chi connectivity index (χ0) is 20.4. The van der Waals surface area contributed by atoms with Crippen molar-refractivity contribution in [3.05, 3.63) is 23.9 Å². The Hall–Kier alpha value is -2.94. The van der Waals surface area contributed by atoms with Gasteiger partial charge in [-0.1, -0.05) is 0 Å². The number of H-pyrrole nitrogens is 1. The normalized spacial score (nSPS) is 25.6. The summed E-state index contributed by atoms with van der Waals surface area (Å²) >= 11 is 0. The van der Waals surface area contributed by atoms with Crippen LogP contribution in [0.5, 0.6) is 0 Å². The number of nitrogens with one attached hydrogen (secondary N) is 2. The van der Waals surface area contributed by atoms with Crippen molar-refractivity contribution < 1.29 is 19.5 Å². The van der Waals surface area contributed by atoms with Crippen LogP contribution < -0.4 is 10.2 Å². The molecule has 2 amide bonds. The maximum Gasteiger partial charge on any atom is 0.290 e. The molecule has 0 aliphatic carbocycles. The lowest BCUT2D eigenvalue weighted by molar-refractivity contribution is -0.123. The average Bonchev–Trinajstić information content (AvgIpc) is 3.35. The molecule has 2 aromatic rings. The first kappa shape index (κ1) is 19.4. The number of hydrogen-bond acceptors (Lipinski definition) is 5. The molecule has 5 heterocycles. The molecule has 4 saturated heterocycles. The first-order valence-electron chi connectivity index (χ1n) is 10.00. The number of carbonyl (C=O) groups is 3. The van der Waals surface area contributed by atoms with Crippen molar-refractivity contribution in [1.29, 1.82) is 0 Å². The van der Waals surface area contributed by atoms with Crippen LogP contribution in [-0.2, 0) is 9.59 Å². The predicted molar refractivity (Wildman–Crippen MR) is 107 cm³/mol. The Bertz CT molecular complexity index is 919. The summed E-state index contributed by atoms with van der Waals surface area (Å²) in [5.41, 5.74) is 2.09. The van der Waals surface area contributed by atoms with E-state index in [1.165, 1.54) is 0 Å². The van der Waals surface area contributed by atoms with Gasteiger partial charge in [0, 0.05) is 36.6 Å². The van der Waals surface area contributed by atoms with Gasteiger partial charge in [0.05, 0.1) is 5.52 Å². The molecule has 4 aliphatic heterocycles. The highest BCUT2D eigenvalue weighted by atomic mass is 16.3. The van der Waals surface area contributed by atoms with Gasteiger partial charge >= 0.3 is 0 Å². The van der Waals surface area contributed by atoms with Gasteiger partial charge in [-0.15, -0.1) is 0 Å². The highest BCUT2D eigenvalue weighted by Gasteiger charge is 2.35.